The quantitative estimate of drug-likeness (QED) is 0.599. The lowest BCUT2D eigenvalue weighted by Crippen LogP contribution is -2.11. The van der Waals surface area contributed by atoms with E-state index in [1.807, 2.05) is 30.3 Å². The van der Waals surface area contributed by atoms with Crippen LogP contribution in [0, 0.1) is 17.0 Å². The van der Waals surface area contributed by atoms with Crippen molar-refractivity contribution in [1.82, 2.24) is 9.55 Å². The molecule has 1 aromatic heterocycles. The van der Waals surface area contributed by atoms with E-state index in [4.69, 9.17) is 4.74 Å². The predicted molar refractivity (Wildman–Crippen MR) is 65.6 cm³/mol. The molecular formula is C12H13N3O3. The van der Waals surface area contributed by atoms with Crippen molar-refractivity contribution in [2.75, 3.05) is 6.61 Å². The van der Waals surface area contributed by atoms with Gasteiger partial charge < -0.3 is 14.9 Å². The van der Waals surface area contributed by atoms with Gasteiger partial charge in [0, 0.05) is 6.92 Å². The molecule has 0 atom stereocenters. The Balaban J connectivity index is 1.98. The number of aromatic nitrogens is 2. The molecule has 0 fully saturated rings. The summed E-state index contributed by atoms with van der Waals surface area (Å²) in [5.74, 6) is 1.35. The SMILES string of the molecule is Cc1ncc([N+](=O)[O-])n1CCOc1ccccc1. The van der Waals surface area contributed by atoms with Gasteiger partial charge in [0.15, 0.2) is 5.82 Å². The van der Waals surface area contributed by atoms with Crippen LogP contribution in [0.1, 0.15) is 5.82 Å². The standard InChI is InChI=1S/C12H13N3O3/c1-10-13-9-12(15(16)17)14(10)7-8-18-11-5-3-2-4-6-11/h2-6,9H,7-8H2,1H3. The first kappa shape index (κ1) is 12.1. The van der Waals surface area contributed by atoms with Crippen LogP contribution in [-0.2, 0) is 6.54 Å². The molecule has 0 amide bonds. The number of rotatable bonds is 5. The number of aryl methyl sites for hydroxylation is 1. The molecule has 18 heavy (non-hydrogen) atoms. The zero-order chi connectivity index (χ0) is 13.0. The molecule has 0 saturated carbocycles. The first-order valence-corrected chi connectivity index (χ1v) is 5.53. The summed E-state index contributed by atoms with van der Waals surface area (Å²) >= 11 is 0. The van der Waals surface area contributed by atoms with E-state index in [0.717, 1.165) is 5.75 Å². The van der Waals surface area contributed by atoms with Crippen molar-refractivity contribution in [3.8, 4) is 5.75 Å². The molecule has 6 heteroatoms. The highest BCUT2D eigenvalue weighted by molar-refractivity contribution is 5.21. The molecule has 1 heterocycles. The lowest BCUT2D eigenvalue weighted by molar-refractivity contribution is -0.392. The number of nitrogens with zero attached hydrogens (tertiary/aromatic N) is 3. The number of hydrogen-bond acceptors (Lipinski definition) is 4. The fourth-order valence-electron chi connectivity index (χ4n) is 1.65. The van der Waals surface area contributed by atoms with E-state index in [0.29, 0.717) is 19.0 Å². The molecular weight excluding hydrogens is 234 g/mol. The average molecular weight is 247 g/mol. The Hall–Kier alpha value is -2.37. The maximum absolute atomic E-state index is 10.8. The van der Waals surface area contributed by atoms with E-state index in [-0.39, 0.29) is 5.82 Å². The minimum atomic E-state index is -0.442. The van der Waals surface area contributed by atoms with Gasteiger partial charge in [-0.3, -0.25) is 0 Å². The van der Waals surface area contributed by atoms with Gasteiger partial charge in [-0.1, -0.05) is 18.2 Å². The largest absolute Gasteiger partial charge is 0.489 e. The van der Waals surface area contributed by atoms with Crippen LogP contribution in [0.2, 0.25) is 0 Å². The second-order valence-electron chi connectivity index (χ2n) is 3.73. The first-order chi connectivity index (χ1) is 8.68. The number of benzene rings is 1. The summed E-state index contributed by atoms with van der Waals surface area (Å²) in [5, 5.41) is 10.8. The Bertz CT molecular complexity index is 537. The lowest BCUT2D eigenvalue weighted by atomic mass is 10.3. The molecule has 0 N–H and O–H groups in total. The van der Waals surface area contributed by atoms with Gasteiger partial charge in [-0.25, -0.2) is 9.55 Å². The van der Waals surface area contributed by atoms with Gasteiger partial charge >= 0.3 is 5.82 Å². The number of ether oxygens (including phenoxy) is 1. The highest BCUT2D eigenvalue weighted by Gasteiger charge is 2.16. The Kier molecular flexibility index (Phi) is 3.57. The van der Waals surface area contributed by atoms with E-state index in [1.54, 1.807) is 6.92 Å². The molecule has 0 aliphatic carbocycles. The second kappa shape index (κ2) is 5.31. The monoisotopic (exact) mass is 247 g/mol. The van der Waals surface area contributed by atoms with Gasteiger partial charge in [0.25, 0.3) is 0 Å². The minimum absolute atomic E-state index is 0.0100. The molecule has 6 nitrogen and oxygen atoms in total. The molecule has 0 saturated heterocycles. The maximum atomic E-state index is 10.8. The van der Waals surface area contributed by atoms with E-state index in [9.17, 15) is 10.1 Å². The number of imidazole rings is 1. The van der Waals surface area contributed by atoms with Crippen LogP contribution in [0.25, 0.3) is 0 Å². The van der Waals surface area contributed by atoms with Crippen molar-refractivity contribution in [2.45, 2.75) is 13.5 Å². The molecule has 1 aromatic carbocycles. The highest BCUT2D eigenvalue weighted by Crippen LogP contribution is 2.14. The van der Waals surface area contributed by atoms with Gasteiger partial charge in [-0.2, -0.15) is 0 Å². The minimum Gasteiger partial charge on any atom is -0.489 e. The number of para-hydroxylation sites is 1. The fourth-order valence-corrected chi connectivity index (χ4v) is 1.65. The van der Waals surface area contributed by atoms with Crippen LogP contribution in [0.5, 0.6) is 5.75 Å². The van der Waals surface area contributed by atoms with Gasteiger partial charge in [0.1, 0.15) is 25.1 Å². The van der Waals surface area contributed by atoms with Crippen LogP contribution >= 0.6 is 0 Å². The Labute approximate surface area is 104 Å². The molecule has 0 radical (unpaired) electrons. The van der Waals surface area contributed by atoms with Crippen molar-refractivity contribution < 1.29 is 9.66 Å². The third-order valence-corrected chi connectivity index (χ3v) is 2.55. The van der Waals surface area contributed by atoms with E-state index >= 15 is 0 Å². The normalized spacial score (nSPS) is 10.3. The van der Waals surface area contributed by atoms with Crippen LogP contribution in [0.3, 0.4) is 0 Å². The summed E-state index contributed by atoms with van der Waals surface area (Å²) in [5.41, 5.74) is 0. The molecule has 2 aromatic rings. The van der Waals surface area contributed by atoms with Crippen LogP contribution in [0.15, 0.2) is 36.5 Å². The third-order valence-electron chi connectivity index (χ3n) is 2.55. The van der Waals surface area contributed by atoms with Crippen LogP contribution in [-0.4, -0.2) is 21.1 Å². The van der Waals surface area contributed by atoms with Gasteiger partial charge in [0.05, 0.1) is 0 Å². The molecule has 0 aliphatic rings. The molecule has 0 aliphatic heterocycles. The maximum Gasteiger partial charge on any atom is 0.342 e. The van der Waals surface area contributed by atoms with Crippen molar-refractivity contribution in [3.63, 3.8) is 0 Å². The fraction of sp³-hybridized carbons (Fsp3) is 0.250. The smallest absolute Gasteiger partial charge is 0.342 e. The summed E-state index contributed by atoms with van der Waals surface area (Å²) in [6, 6.07) is 9.34. The van der Waals surface area contributed by atoms with E-state index < -0.39 is 4.92 Å². The second-order valence-corrected chi connectivity index (χ2v) is 3.73. The van der Waals surface area contributed by atoms with Gasteiger partial charge in [-0.15, -0.1) is 0 Å². The summed E-state index contributed by atoms with van der Waals surface area (Å²) in [6.07, 6.45) is 1.26. The lowest BCUT2D eigenvalue weighted by Gasteiger charge is -2.06. The topological polar surface area (TPSA) is 70.2 Å². The summed E-state index contributed by atoms with van der Waals surface area (Å²) in [6.45, 7) is 2.49. The molecule has 0 spiro atoms. The zero-order valence-electron chi connectivity index (χ0n) is 9.94. The zero-order valence-corrected chi connectivity index (χ0v) is 9.94. The summed E-state index contributed by atoms with van der Waals surface area (Å²) in [7, 11) is 0. The van der Waals surface area contributed by atoms with Crippen LogP contribution in [0.4, 0.5) is 5.82 Å². The van der Waals surface area contributed by atoms with Gasteiger partial charge in [0.2, 0.25) is 0 Å². The first-order valence-electron chi connectivity index (χ1n) is 5.53. The molecule has 0 bridgehead atoms. The van der Waals surface area contributed by atoms with Crippen LogP contribution < -0.4 is 4.74 Å². The molecule has 0 unspecified atom stereocenters. The Morgan fingerprint density at radius 3 is 2.78 bits per heavy atom. The Morgan fingerprint density at radius 1 is 1.39 bits per heavy atom. The highest BCUT2D eigenvalue weighted by atomic mass is 16.6. The van der Waals surface area contributed by atoms with Crippen molar-refractivity contribution in [1.29, 1.82) is 0 Å². The third kappa shape index (κ3) is 2.65. The predicted octanol–water partition coefficient (Wildman–Crippen LogP) is 2.18. The molecule has 94 valence electrons. The Morgan fingerprint density at radius 2 is 2.11 bits per heavy atom. The number of hydrogen-bond donors (Lipinski definition) is 0. The van der Waals surface area contributed by atoms with Crippen molar-refractivity contribution >= 4 is 5.82 Å². The number of nitro groups is 1. The summed E-state index contributed by atoms with van der Waals surface area (Å²) < 4.78 is 7.03. The van der Waals surface area contributed by atoms with Gasteiger partial charge in [-0.05, 0) is 17.1 Å². The molecule has 2 rings (SSSR count). The van der Waals surface area contributed by atoms with E-state index in [2.05, 4.69) is 4.98 Å². The van der Waals surface area contributed by atoms with E-state index in [1.165, 1.54) is 10.8 Å². The van der Waals surface area contributed by atoms with Crippen molar-refractivity contribution in [2.24, 2.45) is 0 Å². The summed E-state index contributed by atoms with van der Waals surface area (Å²) in [4.78, 5) is 14.3. The van der Waals surface area contributed by atoms with Crippen molar-refractivity contribution in [3.05, 3.63) is 52.5 Å². The average Bonchev–Trinajstić information content (AvgIpc) is 2.73.